The molecule has 0 amide bonds. The van der Waals surface area contributed by atoms with Crippen LogP contribution in [0.5, 0.6) is 5.75 Å². The second-order valence-corrected chi connectivity index (χ2v) is 4.60. The minimum absolute atomic E-state index is 0.342. The number of methoxy groups -OCH3 is 1. The molecule has 0 saturated carbocycles. The summed E-state index contributed by atoms with van der Waals surface area (Å²) in [7, 11) is 1.63. The monoisotopic (exact) mass is 285 g/mol. The fourth-order valence-corrected chi connectivity index (χ4v) is 1.90. The van der Waals surface area contributed by atoms with Crippen molar-refractivity contribution < 1.29 is 4.74 Å². The molecule has 21 heavy (non-hydrogen) atoms. The molecule has 0 fully saturated rings. The average molecular weight is 285 g/mol. The smallest absolute Gasteiger partial charge is 0.193 e. The minimum Gasteiger partial charge on any atom is -0.497 e. The van der Waals surface area contributed by atoms with E-state index in [0.717, 1.165) is 28.6 Å². The van der Waals surface area contributed by atoms with Crippen molar-refractivity contribution in [2.75, 3.05) is 12.4 Å². The van der Waals surface area contributed by atoms with Gasteiger partial charge < -0.3 is 15.8 Å². The molecule has 0 atom stereocenters. The molecule has 0 aliphatic carbocycles. The Morgan fingerprint density at radius 1 is 1.24 bits per heavy atom. The van der Waals surface area contributed by atoms with E-state index in [0.29, 0.717) is 12.5 Å². The largest absolute Gasteiger partial charge is 0.497 e. The second-order valence-electron chi connectivity index (χ2n) is 4.60. The van der Waals surface area contributed by atoms with E-state index in [1.165, 1.54) is 0 Å². The number of hydrogen-bond acceptors (Lipinski definition) is 4. The molecule has 2 rings (SSSR count). The number of hydrogen-bond donors (Lipinski definition) is 2. The number of anilines is 1. The third-order valence-electron chi connectivity index (χ3n) is 2.79. The van der Waals surface area contributed by atoms with Crippen molar-refractivity contribution in [1.29, 1.82) is 0 Å². The van der Waals surface area contributed by atoms with Gasteiger partial charge >= 0.3 is 0 Å². The predicted molar refractivity (Wildman–Crippen MR) is 83.4 cm³/mol. The zero-order chi connectivity index (χ0) is 15.2. The standard InChI is InChI=1S/C15H19N5O/c1-10-8-13(19-11(2)18-10)9-17-15(16)20-12-4-6-14(21-3)7-5-12/h4-8H,9H2,1-3H3,(H3,16,17,20). The Morgan fingerprint density at radius 3 is 2.57 bits per heavy atom. The van der Waals surface area contributed by atoms with Crippen molar-refractivity contribution in [2.24, 2.45) is 10.7 Å². The summed E-state index contributed by atoms with van der Waals surface area (Å²) in [6.07, 6.45) is 0. The number of aryl methyl sites for hydroxylation is 2. The van der Waals surface area contributed by atoms with E-state index < -0.39 is 0 Å². The Hall–Kier alpha value is -2.63. The molecule has 3 N–H and O–H groups in total. The number of nitrogens with two attached hydrogens (primary N) is 1. The molecule has 1 aromatic heterocycles. The van der Waals surface area contributed by atoms with Crippen LogP contribution in [-0.2, 0) is 6.54 Å². The van der Waals surface area contributed by atoms with Crippen LogP contribution < -0.4 is 15.8 Å². The highest BCUT2D eigenvalue weighted by molar-refractivity contribution is 5.92. The Balaban J connectivity index is 2.00. The molecular formula is C15H19N5O. The van der Waals surface area contributed by atoms with Crippen molar-refractivity contribution in [3.8, 4) is 5.75 Å². The normalized spacial score (nSPS) is 11.3. The van der Waals surface area contributed by atoms with E-state index in [1.54, 1.807) is 7.11 Å². The molecule has 0 aliphatic rings. The maximum atomic E-state index is 5.86. The summed E-state index contributed by atoms with van der Waals surface area (Å²) in [5.74, 6) is 1.87. The average Bonchev–Trinajstić information content (AvgIpc) is 2.45. The summed E-state index contributed by atoms with van der Waals surface area (Å²) < 4.78 is 5.10. The van der Waals surface area contributed by atoms with Crippen LogP contribution in [0.15, 0.2) is 35.3 Å². The first-order chi connectivity index (χ1) is 10.1. The first-order valence-corrected chi connectivity index (χ1v) is 6.59. The van der Waals surface area contributed by atoms with Gasteiger partial charge in [0.2, 0.25) is 0 Å². The van der Waals surface area contributed by atoms with Crippen LogP contribution in [0.4, 0.5) is 5.69 Å². The molecule has 0 radical (unpaired) electrons. The number of aromatic nitrogens is 2. The maximum absolute atomic E-state index is 5.86. The van der Waals surface area contributed by atoms with E-state index in [1.807, 2.05) is 44.2 Å². The second kappa shape index (κ2) is 6.69. The number of benzene rings is 1. The maximum Gasteiger partial charge on any atom is 0.193 e. The zero-order valence-corrected chi connectivity index (χ0v) is 12.4. The summed E-state index contributed by atoms with van der Waals surface area (Å²) in [5, 5.41) is 3.02. The van der Waals surface area contributed by atoms with Gasteiger partial charge in [-0.25, -0.2) is 15.0 Å². The lowest BCUT2D eigenvalue weighted by atomic mass is 10.3. The summed E-state index contributed by atoms with van der Waals surface area (Å²) >= 11 is 0. The molecule has 0 saturated heterocycles. The number of nitrogens with one attached hydrogen (secondary N) is 1. The molecule has 2 aromatic rings. The molecule has 1 aromatic carbocycles. The van der Waals surface area contributed by atoms with Crippen LogP contribution in [-0.4, -0.2) is 23.0 Å². The van der Waals surface area contributed by atoms with E-state index in [9.17, 15) is 0 Å². The minimum atomic E-state index is 0.342. The van der Waals surface area contributed by atoms with Gasteiger partial charge in [0.25, 0.3) is 0 Å². The summed E-state index contributed by atoms with van der Waals surface area (Å²) in [4.78, 5) is 12.8. The quantitative estimate of drug-likeness (QED) is 0.663. The van der Waals surface area contributed by atoms with Gasteiger partial charge in [-0.2, -0.15) is 0 Å². The lowest BCUT2D eigenvalue weighted by Crippen LogP contribution is -2.22. The topological polar surface area (TPSA) is 85.4 Å². The number of rotatable bonds is 4. The molecule has 0 aliphatic heterocycles. The van der Waals surface area contributed by atoms with Crippen molar-refractivity contribution in [3.05, 3.63) is 47.5 Å². The van der Waals surface area contributed by atoms with Crippen molar-refractivity contribution >= 4 is 11.6 Å². The van der Waals surface area contributed by atoms with Gasteiger partial charge in [0.05, 0.1) is 19.3 Å². The molecule has 0 unspecified atom stereocenters. The molecule has 6 heteroatoms. The molecule has 6 nitrogen and oxygen atoms in total. The Kier molecular flexibility index (Phi) is 4.71. The van der Waals surface area contributed by atoms with Gasteiger partial charge in [-0.15, -0.1) is 0 Å². The number of guanidine groups is 1. The number of nitrogens with zero attached hydrogens (tertiary/aromatic N) is 3. The predicted octanol–water partition coefficient (Wildman–Crippen LogP) is 2.03. The lowest BCUT2D eigenvalue weighted by Gasteiger charge is -2.07. The van der Waals surface area contributed by atoms with Crippen LogP contribution in [0.2, 0.25) is 0 Å². The highest BCUT2D eigenvalue weighted by atomic mass is 16.5. The van der Waals surface area contributed by atoms with Gasteiger partial charge in [-0.3, -0.25) is 0 Å². The summed E-state index contributed by atoms with van der Waals surface area (Å²) in [6, 6.07) is 9.36. The van der Waals surface area contributed by atoms with E-state index in [-0.39, 0.29) is 0 Å². The fourth-order valence-electron chi connectivity index (χ4n) is 1.90. The molecule has 1 heterocycles. The van der Waals surface area contributed by atoms with Crippen LogP contribution in [0.1, 0.15) is 17.2 Å². The Morgan fingerprint density at radius 2 is 1.95 bits per heavy atom. The third kappa shape index (κ3) is 4.45. The van der Waals surface area contributed by atoms with Crippen molar-refractivity contribution in [3.63, 3.8) is 0 Å². The fraction of sp³-hybridized carbons (Fsp3) is 0.267. The van der Waals surface area contributed by atoms with Gasteiger partial charge in [0, 0.05) is 11.4 Å². The van der Waals surface area contributed by atoms with E-state index in [4.69, 9.17) is 10.5 Å². The first kappa shape index (κ1) is 14.8. The zero-order valence-electron chi connectivity index (χ0n) is 12.4. The Labute approximate surface area is 124 Å². The SMILES string of the molecule is COc1ccc(NC(N)=NCc2cc(C)nc(C)n2)cc1. The molecule has 0 spiro atoms. The van der Waals surface area contributed by atoms with Crippen molar-refractivity contribution in [2.45, 2.75) is 20.4 Å². The Bertz CT molecular complexity index is 617. The van der Waals surface area contributed by atoms with Crippen LogP contribution in [0.3, 0.4) is 0 Å². The molecule has 0 bridgehead atoms. The lowest BCUT2D eigenvalue weighted by molar-refractivity contribution is 0.415. The van der Waals surface area contributed by atoms with E-state index >= 15 is 0 Å². The van der Waals surface area contributed by atoms with E-state index in [2.05, 4.69) is 20.3 Å². The highest BCUT2D eigenvalue weighted by Gasteiger charge is 2.00. The van der Waals surface area contributed by atoms with Crippen LogP contribution in [0, 0.1) is 13.8 Å². The number of ether oxygens (including phenoxy) is 1. The van der Waals surface area contributed by atoms with Gasteiger partial charge in [0.1, 0.15) is 11.6 Å². The van der Waals surface area contributed by atoms with Gasteiger partial charge in [0.15, 0.2) is 5.96 Å². The van der Waals surface area contributed by atoms with Gasteiger partial charge in [-0.1, -0.05) is 0 Å². The van der Waals surface area contributed by atoms with Gasteiger partial charge in [-0.05, 0) is 44.2 Å². The van der Waals surface area contributed by atoms with Crippen LogP contribution in [0.25, 0.3) is 0 Å². The number of aliphatic imine (C=N–C) groups is 1. The molecular weight excluding hydrogens is 266 g/mol. The van der Waals surface area contributed by atoms with Crippen molar-refractivity contribution in [1.82, 2.24) is 9.97 Å². The summed E-state index contributed by atoms with van der Waals surface area (Å²) in [6.45, 7) is 4.21. The van der Waals surface area contributed by atoms with Crippen LogP contribution >= 0.6 is 0 Å². The first-order valence-electron chi connectivity index (χ1n) is 6.59. The molecule has 110 valence electrons. The third-order valence-corrected chi connectivity index (χ3v) is 2.79. The highest BCUT2D eigenvalue weighted by Crippen LogP contribution is 2.14. The summed E-state index contributed by atoms with van der Waals surface area (Å²) in [5.41, 5.74) is 8.49.